The zero-order valence-corrected chi connectivity index (χ0v) is 16.2. The molecule has 0 spiro atoms. The van der Waals surface area contributed by atoms with Gasteiger partial charge >= 0.3 is 0 Å². The second-order valence-electron chi connectivity index (χ2n) is 5.71. The highest BCUT2D eigenvalue weighted by molar-refractivity contribution is 5.75. The Morgan fingerprint density at radius 3 is 2.36 bits per heavy atom. The molecule has 4 atom stereocenters. The van der Waals surface area contributed by atoms with Gasteiger partial charge in [-0.15, -0.1) is 0 Å². The third kappa shape index (κ3) is 3.77. The summed E-state index contributed by atoms with van der Waals surface area (Å²) < 4.78 is 22.7. The monoisotopic (exact) mass is 355 g/mol. The predicted molar refractivity (Wildman–Crippen MR) is 97.0 cm³/mol. The van der Waals surface area contributed by atoms with E-state index >= 15 is 0 Å². The SMILES string of the molecule is CC.CC.C[C@@H]1C(CO)OC(n2cc(F)c3c(=O)n(C)cnc32)[C@@H]1C. The molecule has 0 bridgehead atoms. The van der Waals surface area contributed by atoms with Crippen LogP contribution in [0.4, 0.5) is 4.39 Å². The summed E-state index contributed by atoms with van der Waals surface area (Å²) in [5.41, 5.74) is -0.146. The number of fused-ring (bicyclic) bond motifs is 1. The fraction of sp³-hybridized carbons (Fsp3) is 0.667. The number of aliphatic hydroxyl groups excluding tert-OH is 1. The molecule has 2 unspecified atom stereocenters. The van der Waals surface area contributed by atoms with Gasteiger partial charge in [-0.3, -0.25) is 4.79 Å². The molecule has 2 aromatic rings. The topological polar surface area (TPSA) is 69.3 Å². The van der Waals surface area contributed by atoms with E-state index in [9.17, 15) is 14.3 Å². The van der Waals surface area contributed by atoms with Crippen molar-refractivity contribution in [1.29, 1.82) is 0 Å². The molecule has 2 aromatic heterocycles. The van der Waals surface area contributed by atoms with Crippen LogP contribution in [0.25, 0.3) is 11.0 Å². The molecule has 0 aliphatic carbocycles. The van der Waals surface area contributed by atoms with E-state index in [2.05, 4.69) is 4.98 Å². The highest BCUT2D eigenvalue weighted by atomic mass is 19.1. The number of nitrogens with zero attached hydrogens (tertiary/aromatic N) is 3. The molecule has 1 fully saturated rings. The number of rotatable bonds is 2. The number of aryl methyl sites for hydroxylation is 1. The maximum Gasteiger partial charge on any atom is 0.265 e. The van der Waals surface area contributed by atoms with Crippen LogP contribution in [0.15, 0.2) is 17.3 Å². The van der Waals surface area contributed by atoms with Crippen molar-refractivity contribution in [2.24, 2.45) is 18.9 Å². The molecule has 1 saturated heterocycles. The molecule has 0 radical (unpaired) electrons. The number of hydrogen-bond acceptors (Lipinski definition) is 4. The second kappa shape index (κ2) is 9.10. The molecule has 25 heavy (non-hydrogen) atoms. The summed E-state index contributed by atoms with van der Waals surface area (Å²) in [6.45, 7) is 11.9. The molecule has 1 aliphatic heterocycles. The Morgan fingerprint density at radius 1 is 1.24 bits per heavy atom. The van der Waals surface area contributed by atoms with Gasteiger partial charge in [-0.05, 0) is 5.92 Å². The van der Waals surface area contributed by atoms with Crippen LogP contribution in [0.5, 0.6) is 0 Å². The third-order valence-corrected chi connectivity index (χ3v) is 4.48. The lowest BCUT2D eigenvalue weighted by Crippen LogP contribution is -2.19. The highest BCUT2D eigenvalue weighted by Gasteiger charge is 2.40. The molecule has 3 heterocycles. The average molecular weight is 355 g/mol. The predicted octanol–water partition coefficient (Wildman–Crippen LogP) is 3.09. The van der Waals surface area contributed by atoms with Crippen LogP contribution in [0, 0.1) is 17.7 Å². The minimum absolute atomic E-state index is 0.0316. The average Bonchev–Trinajstić information content (AvgIpc) is 3.12. The Hall–Kier alpha value is -1.73. The summed E-state index contributed by atoms with van der Waals surface area (Å²) >= 11 is 0. The van der Waals surface area contributed by atoms with Crippen LogP contribution in [-0.2, 0) is 11.8 Å². The molecular weight excluding hydrogens is 325 g/mol. The van der Waals surface area contributed by atoms with E-state index < -0.39 is 17.6 Å². The first-order chi connectivity index (χ1) is 12.0. The number of aliphatic hydroxyl groups is 1. The van der Waals surface area contributed by atoms with Crippen LogP contribution in [0.3, 0.4) is 0 Å². The van der Waals surface area contributed by atoms with Crippen molar-refractivity contribution in [2.45, 2.75) is 53.9 Å². The molecule has 3 rings (SSSR count). The van der Waals surface area contributed by atoms with E-state index in [0.717, 1.165) is 0 Å². The normalized spacial score (nSPS) is 25.2. The minimum Gasteiger partial charge on any atom is -0.394 e. The summed E-state index contributed by atoms with van der Waals surface area (Å²) in [7, 11) is 1.53. The number of hydrogen-bond donors (Lipinski definition) is 1. The Labute approximate surface area is 148 Å². The lowest BCUT2D eigenvalue weighted by Gasteiger charge is -2.18. The van der Waals surface area contributed by atoms with E-state index in [1.54, 1.807) is 4.57 Å². The Balaban J connectivity index is 0.000000730. The summed E-state index contributed by atoms with van der Waals surface area (Å²) in [6, 6.07) is 0. The zero-order chi connectivity index (χ0) is 19.3. The molecule has 0 aromatic carbocycles. The Bertz CT molecular complexity index is 741. The maximum atomic E-state index is 14.1. The van der Waals surface area contributed by atoms with Gasteiger partial charge in [-0.1, -0.05) is 41.5 Å². The Morgan fingerprint density at radius 2 is 1.84 bits per heavy atom. The first kappa shape index (κ1) is 21.3. The van der Waals surface area contributed by atoms with Gasteiger partial charge in [0.15, 0.2) is 11.5 Å². The van der Waals surface area contributed by atoms with Crippen molar-refractivity contribution in [3.05, 3.63) is 28.7 Å². The molecule has 1 N–H and O–H groups in total. The summed E-state index contributed by atoms with van der Waals surface area (Å²) in [4.78, 5) is 16.2. The summed E-state index contributed by atoms with van der Waals surface area (Å²) in [5, 5.41) is 9.31. The first-order valence-corrected chi connectivity index (χ1v) is 8.93. The van der Waals surface area contributed by atoms with Gasteiger partial charge in [-0.2, -0.15) is 0 Å². The highest BCUT2D eigenvalue weighted by Crippen LogP contribution is 2.40. The molecule has 142 valence electrons. The van der Waals surface area contributed by atoms with Gasteiger partial charge < -0.3 is 19.0 Å². The molecule has 1 aliphatic rings. The van der Waals surface area contributed by atoms with Gasteiger partial charge in [0.25, 0.3) is 5.56 Å². The molecule has 0 saturated carbocycles. The van der Waals surface area contributed by atoms with Crippen LogP contribution in [-0.4, -0.2) is 31.9 Å². The third-order valence-electron chi connectivity index (χ3n) is 4.48. The largest absolute Gasteiger partial charge is 0.394 e. The summed E-state index contributed by atoms with van der Waals surface area (Å²) in [6.07, 6.45) is 1.89. The van der Waals surface area contributed by atoms with Gasteiger partial charge in [0.2, 0.25) is 0 Å². The maximum absolute atomic E-state index is 14.1. The quantitative estimate of drug-likeness (QED) is 0.899. The zero-order valence-electron chi connectivity index (χ0n) is 16.2. The van der Waals surface area contributed by atoms with Crippen LogP contribution < -0.4 is 5.56 Å². The first-order valence-electron chi connectivity index (χ1n) is 8.93. The van der Waals surface area contributed by atoms with Crippen molar-refractivity contribution in [3.63, 3.8) is 0 Å². The smallest absolute Gasteiger partial charge is 0.265 e. The van der Waals surface area contributed by atoms with Crippen molar-refractivity contribution < 1.29 is 14.2 Å². The minimum atomic E-state index is -0.602. The van der Waals surface area contributed by atoms with Crippen molar-refractivity contribution in [2.75, 3.05) is 6.61 Å². The van der Waals surface area contributed by atoms with E-state index in [0.29, 0.717) is 0 Å². The molecular formula is C18H30FN3O3. The fourth-order valence-electron chi connectivity index (χ4n) is 2.93. The number of ether oxygens (including phenoxy) is 1. The van der Waals surface area contributed by atoms with E-state index in [1.165, 1.54) is 24.1 Å². The number of aromatic nitrogens is 3. The van der Waals surface area contributed by atoms with Crippen LogP contribution >= 0.6 is 0 Å². The lowest BCUT2D eigenvalue weighted by atomic mass is 9.93. The fourth-order valence-corrected chi connectivity index (χ4v) is 2.93. The van der Waals surface area contributed by atoms with Crippen molar-refractivity contribution >= 4 is 11.0 Å². The standard InChI is InChI=1S/C14H18FN3O3.2C2H6/c1-7-8(2)14(21-10(7)5-19)18-4-9(15)11-12(18)16-6-17(3)13(11)20;2*1-2/h4,6-8,10,14,19H,5H2,1-3H3;2*1-2H3/t7-,8+,10?,14?;;/m0../s1. The van der Waals surface area contributed by atoms with Gasteiger partial charge in [0.05, 0.1) is 19.0 Å². The molecule has 6 nitrogen and oxygen atoms in total. The second-order valence-corrected chi connectivity index (χ2v) is 5.71. The van der Waals surface area contributed by atoms with Gasteiger partial charge in [-0.25, -0.2) is 9.37 Å². The Kier molecular flexibility index (Phi) is 7.76. The van der Waals surface area contributed by atoms with Crippen LogP contribution in [0.2, 0.25) is 0 Å². The van der Waals surface area contributed by atoms with Crippen LogP contribution in [0.1, 0.15) is 47.8 Å². The number of halogens is 1. The van der Waals surface area contributed by atoms with Gasteiger partial charge in [0, 0.05) is 19.2 Å². The molecule has 7 heteroatoms. The lowest BCUT2D eigenvalue weighted by molar-refractivity contribution is -0.0336. The summed E-state index contributed by atoms with van der Waals surface area (Å²) in [5.74, 6) is -0.398. The van der Waals surface area contributed by atoms with E-state index in [4.69, 9.17) is 4.74 Å². The molecule has 0 amide bonds. The van der Waals surface area contributed by atoms with E-state index in [-0.39, 0.29) is 35.6 Å². The van der Waals surface area contributed by atoms with Crippen molar-refractivity contribution in [1.82, 2.24) is 14.1 Å². The van der Waals surface area contributed by atoms with Crippen molar-refractivity contribution in [3.8, 4) is 0 Å². The van der Waals surface area contributed by atoms with Gasteiger partial charge in [0.1, 0.15) is 11.6 Å². The van der Waals surface area contributed by atoms with E-state index in [1.807, 2.05) is 41.5 Å².